The number of hydrogen-bond donors (Lipinski definition) is 1. The number of rotatable bonds is 5. The molecule has 19 heavy (non-hydrogen) atoms. The molecule has 0 saturated heterocycles. The number of hydrogen-bond acceptors (Lipinski definition) is 3. The first-order chi connectivity index (χ1) is 8.83. The molecule has 1 unspecified atom stereocenters. The molecule has 0 amide bonds. The van der Waals surface area contributed by atoms with Crippen LogP contribution in [0.3, 0.4) is 0 Å². The third-order valence-corrected chi connectivity index (χ3v) is 2.92. The Morgan fingerprint density at radius 1 is 1.37 bits per heavy atom. The highest BCUT2D eigenvalue weighted by molar-refractivity contribution is 5.89. The summed E-state index contributed by atoms with van der Waals surface area (Å²) in [4.78, 5) is 11.3. The molecule has 0 fully saturated rings. The van der Waals surface area contributed by atoms with E-state index in [-0.39, 0.29) is 5.97 Å². The topological polar surface area (TPSA) is 46.5 Å². The zero-order valence-electron chi connectivity index (χ0n) is 12.0. The number of esters is 1. The van der Waals surface area contributed by atoms with Gasteiger partial charge in [-0.3, -0.25) is 0 Å². The van der Waals surface area contributed by atoms with Crippen LogP contribution >= 0.6 is 0 Å². The molecule has 0 aliphatic rings. The summed E-state index contributed by atoms with van der Waals surface area (Å²) >= 11 is 0. The van der Waals surface area contributed by atoms with Crippen molar-refractivity contribution in [2.24, 2.45) is 0 Å². The maximum absolute atomic E-state index is 11.3. The van der Waals surface area contributed by atoms with Crippen molar-refractivity contribution in [1.82, 2.24) is 0 Å². The van der Waals surface area contributed by atoms with Crippen LogP contribution in [0, 0.1) is 0 Å². The number of aliphatic hydroxyl groups is 1. The molecular formula is C16H22O3. The largest absolute Gasteiger partial charge is 0.465 e. The molecule has 0 aromatic heterocycles. The highest BCUT2D eigenvalue weighted by Crippen LogP contribution is 2.20. The van der Waals surface area contributed by atoms with Crippen molar-refractivity contribution in [1.29, 1.82) is 0 Å². The molecule has 3 nitrogen and oxygen atoms in total. The van der Waals surface area contributed by atoms with Crippen LogP contribution in [0.1, 0.15) is 49.0 Å². The minimum Gasteiger partial charge on any atom is -0.465 e. The Morgan fingerprint density at radius 2 is 1.95 bits per heavy atom. The lowest BCUT2D eigenvalue weighted by Gasteiger charge is -2.13. The van der Waals surface area contributed by atoms with Gasteiger partial charge >= 0.3 is 5.97 Å². The number of carbonyl (C=O) groups excluding carboxylic acids is 1. The average molecular weight is 262 g/mol. The highest BCUT2D eigenvalue weighted by atomic mass is 16.5. The summed E-state index contributed by atoms with van der Waals surface area (Å²) < 4.78 is 4.66. The molecule has 3 heteroatoms. The maximum atomic E-state index is 11.3. The van der Waals surface area contributed by atoms with Crippen LogP contribution in [0.4, 0.5) is 0 Å². The van der Waals surface area contributed by atoms with Gasteiger partial charge in [0.1, 0.15) is 0 Å². The van der Waals surface area contributed by atoms with Gasteiger partial charge in [0.05, 0.1) is 18.3 Å². The summed E-state index contributed by atoms with van der Waals surface area (Å²) in [5.74, 6) is 0.0198. The number of ether oxygens (including phenoxy) is 1. The molecule has 1 rings (SSSR count). The second kappa shape index (κ2) is 6.53. The highest BCUT2D eigenvalue weighted by Gasteiger charge is 2.09. The van der Waals surface area contributed by atoms with Gasteiger partial charge in [-0.15, -0.1) is 0 Å². The quantitative estimate of drug-likeness (QED) is 0.654. The minimum atomic E-state index is -0.769. The van der Waals surface area contributed by atoms with Gasteiger partial charge in [0, 0.05) is 0 Å². The fourth-order valence-corrected chi connectivity index (χ4v) is 1.76. The van der Waals surface area contributed by atoms with Gasteiger partial charge in [-0.25, -0.2) is 4.79 Å². The Morgan fingerprint density at radius 3 is 2.42 bits per heavy atom. The van der Waals surface area contributed by atoms with Crippen molar-refractivity contribution in [3.63, 3.8) is 0 Å². The van der Waals surface area contributed by atoms with Gasteiger partial charge in [-0.05, 0) is 43.9 Å². The SMILES string of the molecule is COC(=O)c1ccc(C(C)C/C=C/C(C)(C)O)cc1. The third-order valence-electron chi connectivity index (χ3n) is 2.92. The van der Waals surface area contributed by atoms with Crippen molar-refractivity contribution < 1.29 is 14.6 Å². The number of benzene rings is 1. The van der Waals surface area contributed by atoms with E-state index in [0.29, 0.717) is 11.5 Å². The molecule has 1 atom stereocenters. The standard InChI is InChI=1S/C16H22O3/c1-12(6-5-11-16(2,3)18)13-7-9-14(10-8-13)15(17)19-4/h5,7-12,18H,6H2,1-4H3/b11-5+. The van der Waals surface area contributed by atoms with E-state index >= 15 is 0 Å². The van der Waals surface area contributed by atoms with Crippen molar-refractivity contribution >= 4 is 5.97 Å². The van der Waals surface area contributed by atoms with E-state index in [1.54, 1.807) is 32.1 Å². The van der Waals surface area contributed by atoms with E-state index in [2.05, 4.69) is 11.7 Å². The monoisotopic (exact) mass is 262 g/mol. The van der Waals surface area contributed by atoms with Gasteiger partial charge in [-0.1, -0.05) is 31.2 Å². The van der Waals surface area contributed by atoms with Crippen LogP contribution in [0.15, 0.2) is 36.4 Å². The third kappa shape index (κ3) is 5.26. The lowest BCUT2D eigenvalue weighted by Crippen LogP contribution is -2.13. The molecule has 0 radical (unpaired) electrons. The van der Waals surface area contributed by atoms with Crippen LogP contribution in [0.2, 0.25) is 0 Å². The van der Waals surface area contributed by atoms with E-state index in [4.69, 9.17) is 0 Å². The van der Waals surface area contributed by atoms with Crippen LogP contribution in [0.25, 0.3) is 0 Å². The van der Waals surface area contributed by atoms with Gasteiger partial charge in [-0.2, -0.15) is 0 Å². The first-order valence-electron chi connectivity index (χ1n) is 6.42. The minimum absolute atomic E-state index is 0.318. The Labute approximate surface area is 114 Å². The van der Waals surface area contributed by atoms with Crippen molar-refractivity contribution in [3.05, 3.63) is 47.5 Å². The lowest BCUT2D eigenvalue weighted by molar-refractivity contribution is 0.0600. The number of carbonyl (C=O) groups is 1. The second-order valence-corrected chi connectivity index (χ2v) is 5.31. The van der Waals surface area contributed by atoms with Gasteiger partial charge in [0.2, 0.25) is 0 Å². The Bertz CT molecular complexity index is 438. The van der Waals surface area contributed by atoms with Gasteiger partial charge in [0.15, 0.2) is 0 Å². The zero-order valence-corrected chi connectivity index (χ0v) is 12.0. The van der Waals surface area contributed by atoms with Gasteiger partial charge in [0.25, 0.3) is 0 Å². The van der Waals surface area contributed by atoms with Crippen molar-refractivity contribution in [2.75, 3.05) is 7.11 Å². The smallest absolute Gasteiger partial charge is 0.337 e. The van der Waals surface area contributed by atoms with Crippen LogP contribution in [-0.2, 0) is 4.74 Å². The summed E-state index contributed by atoms with van der Waals surface area (Å²) in [5.41, 5.74) is 0.951. The van der Waals surface area contributed by atoms with E-state index in [1.807, 2.05) is 18.2 Å². The maximum Gasteiger partial charge on any atom is 0.337 e. The predicted octanol–water partition coefficient (Wildman–Crippen LogP) is 3.29. The van der Waals surface area contributed by atoms with E-state index in [1.165, 1.54) is 7.11 Å². The molecule has 1 aromatic carbocycles. The molecule has 0 heterocycles. The Balaban J connectivity index is 2.65. The molecule has 0 saturated carbocycles. The molecule has 104 valence electrons. The molecule has 0 bridgehead atoms. The summed E-state index contributed by atoms with van der Waals surface area (Å²) in [5, 5.41) is 9.59. The molecule has 0 spiro atoms. The fourth-order valence-electron chi connectivity index (χ4n) is 1.76. The first kappa shape index (κ1) is 15.4. The fraction of sp³-hybridized carbons (Fsp3) is 0.438. The first-order valence-corrected chi connectivity index (χ1v) is 6.42. The van der Waals surface area contributed by atoms with E-state index in [9.17, 15) is 9.90 Å². The molecule has 0 aliphatic carbocycles. The number of methoxy groups -OCH3 is 1. The zero-order chi connectivity index (χ0) is 14.5. The van der Waals surface area contributed by atoms with Crippen molar-refractivity contribution in [3.8, 4) is 0 Å². The van der Waals surface area contributed by atoms with Crippen LogP contribution in [0.5, 0.6) is 0 Å². The average Bonchev–Trinajstić information content (AvgIpc) is 2.36. The summed E-state index contributed by atoms with van der Waals surface area (Å²) in [6.07, 6.45) is 4.63. The van der Waals surface area contributed by atoms with E-state index in [0.717, 1.165) is 12.0 Å². The molecule has 1 N–H and O–H groups in total. The van der Waals surface area contributed by atoms with Crippen LogP contribution < -0.4 is 0 Å². The predicted molar refractivity (Wildman–Crippen MR) is 76.3 cm³/mol. The summed E-state index contributed by atoms with van der Waals surface area (Å²) in [6, 6.07) is 7.43. The summed E-state index contributed by atoms with van der Waals surface area (Å²) in [6.45, 7) is 5.61. The normalized spacial score (nSPS) is 13.5. The van der Waals surface area contributed by atoms with E-state index < -0.39 is 5.60 Å². The lowest BCUT2D eigenvalue weighted by atomic mass is 9.95. The molecular weight excluding hydrogens is 240 g/mol. The Kier molecular flexibility index (Phi) is 5.31. The number of allylic oxidation sites excluding steroid dienone is 1. The molecule has 1 aromatic rings. The Hall–Kier alpha value is -1.61. The molecule has 0 aliphatic heterocycles. The second-order valence-electron chi connectivity index (χ2n) is 5.31. The van der Waals surface area contributed by atoms with Gasteiger partial charge < -0.3 is 9.84 Å². The summed E-state index contributed by atoms with van der Waals surface area (Å²) in [7, 11) is 1.38. The van der Waals surface area contributed by atoms with Crippen LogP contribution in [-0.4, -0.2) is 23.8 Å². The van der Waals surface area contributed by atoms with Crippen molar-refractivity contribution in [2.45, 2.75) is 38.7 Å².